The van der Waals surface area contributed by atoms with Crippen LogP contribution in [0.4, 0.5) is 14.5 Å². The molecular formula is C16H16F2N2O3S. The number of hydrogen-bond acceptors (Lipinski definition) is 3. The third-order valence-corrected chi connectivity index (χ3v) is 5.12. The summed E-state index contributed by atoms with van der Waals surface area (Å²) in [6.45, 7) is 1.28. The van der Waals surface area contributed by atoms with Gasteiger partial charge in [-0.2, -0.15) is 4.31 Å². The summed E-state index contributed by atoms with van der Waals surface area (Å²) in [5.41, 5.74) is 0.553. The van der Waals surface area contributed by atoms with Gasteiger partial charge in [0.05, 0.1) is 17.1 Å². The van der Waals surface area contributed by atoms with E-state index in [4.69, 9.17) is 0 Å². The zero-order valence-corrected chi connectivity index (χ0v) is 13.9. The van der Waals surface area contributed by atoms with Gasteiger partial charge in [-0.15, -0.1) is 0 Å². The van der Waals surface area contributed by atoms with Crippen molar-refractivity contribution in [2.75, 3.05) is 18.9 Å². The molecule has 0 saturated heterocycles. The van der Waals surface area contributed by atoms with E-state index in [1.807, 2.05) is 6.92 Å². The van der Waals surface area contributed by atoms with Crippen LogP contribution in [0.2, 0.25) is 0 Å². The average molecular weight is 354 g/mol. The van der Waals surface area contributed by atoms with Crippen LogP contribution < -0.4 is 5.32 Å². The lowest BCUT2D eigenvalue weighted by Crippen LogP contribution is -2.35. The lowest BCUT2D eigenvalue weighted by atomic mass is 10.2. The number of hydrogen-bond donors (Lipinski definition) is 1. The first kappa shape index (κ1) is 18.0. The maximum absolute atomic E-state index is 13.5. The zero-order valence-electron chi connectivity index (χ0n) is 13.1. The van der Waals surface area contributed by atoms with E-state index in [0.29, 0.717) is 0 Å². The molecule has 0 aromatic heterocycles. The fourth-order valence-electron chi connectivity index (χ4n) is 1.96. The maximum atomic E-state index is 13.5. The number of benzene rings is 2. The van der Waals surface area contributed by atoms with Gasteiger partial charge in [-0.3, -0.25) is 4.79 Å². The molecule has 0 heterocycles. The summed E-state index contributed by atoms with van der Waals surface area (Å²) in [4.78, 5) is 12.0. The van der Waals surface area contributed by atoms with E-state index in [1.165, 1.54) is 19.2 Å². The maximum Gasteiger partial charge on any atom is 0.243 e. The van der Waals surface area contributed by atoms with Crippen molar-refractivity contribution in [1.29, 1.82) is 0 Å². The smallest absolute Gasteiger partial charge is 0.243 e. The first-order chi connectivity index (χ1) is 11.2. The molecule has 1 N–H and O–H groups in total. The summed E-state index contributed by atoms with van der Waals surface area (Å²) in [6.07, 6.45) is 0. The standard InChI is InChI=1S/C16H16F2N2O3S/c1-11-3-6-13(7-4-11)24(22,23)20(2)10-16(21)19-15-9-12(17)5-8-14(15)18/h3-9H,10H2,1-2H3,(H,19,21). The Labute approximate surface area is 139 Å². The highest BCUT2D eigenvalue weighted by Crippen LogP contribution is 2.17. The number of carbonyl (C=O) groups is 1. The van der Waals surface area contributed by atoms with Crippen molar-refractivity contribution in [3.8, 4) is 0 Å². The number of carbonyl (C=O) groups excluding carboxylic acids is 1. The molecule has 2 aromatic rings. The molecule has 0 aliphatic carbocycles. The van der Waals surface area contributed by atoms with E-state index >= 15 is 0 Å². The number of nitrogens with one attached hydrogen (secondary N) is 1. The van der Waals surface area contributed by atoms with E-state index in [0.717, 1.165) is 28.1 Å². The molecular weight excluding hydrogens is 338 g/mol. The molecule has 0 saturated carbocycles. The predicted molar refractivity (Wildman–Crippen MR) is 86.0 cm³/mol. The molecule has 0 aliphatic heterocycles. The third kappa shape index (κ3) is 4.15. The van der Waals surface area contributed by atoms with Gasteiger partial charge in [0.15, 0.2) is 0 Å². The number of nitrogens with zero attached hydrogens (tertiary/aromatic N) is 1. The highest BCUT2D eigenvalue weighted by Gasteiger charge is 2.23. The van der Waals surface area contributed by atoms with E-state index in [1.54, 1.807) is 12.1 Å². The van der Waals surface area contributed by atoms with Gasteiger partial charge in [-0.05, 0) is 31.2 Å². The molecule has 0 aliphatic rings. The summed E-state index contributed by atoms with van der Waals surface area (Å²) in [5.74, 6) is -2.31. The SMILES string of the molecule is Cc1ccc(S(=O)(=O)N(C)CC(=O)Nc2cc(F)ccc2F)cc1. The lowest BCUT2D eigenvalue weighted by Gasteiger charge is -2.17. The van der Waals surface area contributed by atoms with Gasteiger partial charge in [0.2, 0.25) is 15.9 Å². The highest BCUT2D eigenvalue weighted by atomic mass is 32.2. The molecule has 0 atom stereocenters. The van der Waals surface area contributed by atoms with Gasteiger partial charge in [0, 0.05) is 13.1 Å². The summed E-state index contributed by atoms with van der Waals surface area (Å²) >= 11 is 0. The Morgan fingerprint density at radius 1 is 1.12 bits per heavy atom. The number of amides is 1. The second-order valence-electron chi connectivity index (χ2n) is 5.25. The van der Waals surface area contributed by atoms with Crippen molar-refractivity contribution in [2.45, 2.75) is 11.8 Å². The highest BCUT2D eigenvalue weighted by molar-refractivity contribution is 7.89. The van der Waals surface area contributed by atoms with Crippen LogP contribution in [0, 0.1) is 18.6 Å². The molecule has 24 heavy (non-hydrogen) atoms. The van der Waals surface area contributed by atoms with Crippen molar-refractivity contribution in [3.63, 3.8) is 0 Å². The van der Waals surface area contributed by atoms with E-state index in [2.05, 4.69) is 5.32 Å². The van der Waals surface area contributed by atoms with Crippen LogP contribution >= 0.6 is 0 Å². The van der Waals surface area contributed by atoms with Crippen LogP contribution in [0.3, 0.4) is 0 Å². The van der Waals surface area contributed by atoms with Crippen molar-refractivity contribution in [3.05, 3.63) is 59.7 Å². The zero-order chi connectivity index (χ0) is 17.9. The number of sulfonamides is 1. The Bertz CT molecular complexity index is 852. The van der Waals surface area contributed by atoms with Crippen LogP contribution in [-0.4, -0.2) is 32.2 Å². The van der Waals surface area contributed by atoms with Gasteiger partial charge in [0.25, 0.3) is 0 Å². The van der Waals surface area contributed by atoms with Crippen LogP contribution in [0.5, 0.6) is 0 Å². The van der Waals surface area contributed by atoms with E-state index in [9.17, 15) is 22.0 Å². The minimum absolute atomic E-state index is 0.0420. The minimum atomic E-state index is -3.86. The van der Waals surface area contributed by atoms with Crippen molar-refractivity contribution < 1.29 is 22.0 Å². The summed E-state index contributed by atoms with van der Waals surface area (Å²) in [6, 6.07) is 8.76. The minimum Gasteiger partial charge on any atom is -0.322 e. The first-order valence-corrected chi connectivity index (χ1v) is 8.42. The van der Waals surface area contributed by atoms with Gasteiger partial charge in [-0.25, -0.2) is 17.2 Å². The van der Waals surface area contributed by atoms with Gasteiger partial charge in [-0.1, -0.05) is 17.7 Å². The molecule has 0 unspecified atom stereocenters. The van der Waals surface area contributed by atoms with Crippen LogP contribution in [0.1, 0.15) is 5.56 Å². The fraction of sp³-hybridized carbons (Fsp3) is 0.188. The molecule has 2 aromatic carbocycles. The Morgan fingerprint density at radius 2 is 1.75 bits per heavy atom. The first-order valence-electron chi connectivity index (χ1n) is 6.98. The second-order valence-corrected chi connectivity index (χ2v) is 7.29. The van der Waals surface area contributed by atoms with Crippen molar-refractivity contribution in [1.82, 2.24) is 4.31 Å². The summed E-state index contributed by atoms with van der Waals surface area (Å²) in [5, 5.41) is 2.15. The molecule has 2 rings (SSSR count). The molecule has 0 bridgehead atoms. The normalized spacial score (nSPS) is 11.5. The van der Waals surface area contributed by atoms with Crippen LogP contribution in [0.15, 0.2) is 47.4 Å². The largest absolute Gasteiger partial charge is 0.322 e. The predicted octanol–water partition coefficient (Wildman–Crippen LogP) is 2.53. The fourth-order valence-corrected chi connectivity index (χ4v) is 3.09. The molecule has 8 heteroatoms. The molecule has 0 spiro atoms. The number of halogens is 2. The van der Waals surface area contributed by atoms with Gasteiger partial charge < -0.3 is 5.32 Å². The summed E-state index contributed by atoms with van der Waals surface area (Å²) < 4.78 is 52.1. The van der Waals surface area contributed by atoms with Gasteiger partial charge in [0.1, 0.15) is 11.6 Å². The second kappa shape index (κ2) is 7.06. The monoisotopic (exact) mass is 354 g/mol. The van der Waals surface area contributed by atoms with Crippen LogP contribution in [0.25, 0.3) is 0 Å². The lowest BCUT2D eigenvalue weighted by molar-refractivity contribution is -0.116. The van der Waals surface area contributed by atoms with Crippen molar-refractivity contribution >= 4 is 21.6 Å². The van der Waals surface area contributed by atoms with E-state index < -0.39 is 34.1 Å². The molecule has 5 nitrogen and oxygen atoms in total. The summed E-state index contributed by atoms with van der Waals surface area (Å²) in [7, 11) is -2.62. The Balaban J connectivity index is 2.10. The number of aryl methyl sites for hydroxylation is 1. The Hall–Kier alpha value is -2.32. The third-order valence-electron chi connectivity index (χ3n) is 3.30. The van der Waals surface area contributed by atoms with Crippen LogP contribution in [-0.2, 0) is 14.8 Å². The quantitative estimate of drug-likeness (QED) is 0.897. The molecule has 0 fully saturated rings. The number of anilines is 1. The van der Waals surface area contributed by atoms with Gasteiger partial charge >= 0.3 is 0 Å². The Morgan fingerprint density at radius 3 is 2.38 bits per heavy atom. The average Bonchev–Trinajstić information content (AvgIpc) is 2.51. The topological polar surface area (TPSA) is 66.5 Å². The van der Waals surface area contributed by atoms with Crippen molar-refractivity contribution in [2.24, 2.45) is 0 Å². The number of rotatable bonds is 5. The molecule has 1 amide bonds. The molecule has 128 valence electrons. The van der Waals surface area contributed by atoms with E-state index in [-0.39, 0.29) is 10.6 Å². The Kier molecular flexibility index (Phi) is 5.30. The molecule has 0 radical (unpaired) electrons. The number of likely N-dealkylation sites (N-methyl/N-ethyl adjacent to an activating group) is 1.